The fraction of sp³-hybridized carbons (Fsp3) is 0.524. The number of hydrogen-bond acceptors (Lipinski definition) is 5. The first-order valence-electron chi connectivity index (χ1n) is 11.5. The Labute approximate surface area is 171 Å². The molecule has 3 heterocycles. The third-order valence-corrected chi connectivity index (χ3v) is 6.39. The molecule has 154 valence electrons. The molecule has 3 aliphatic rings. The van der Waals surface area contributed by atoms with Crippen LogP contribution in [0.2, 0.25) is 0 Å². The predicted molar refractivity (Wildman–Crippen MR) is 107 cm³/mol. The number of aromatic nitrogens is 1. The summed E-state index contributed by atoms with van der Waals surface area (Å²) in [5.74, 6) is -2.12. The van der Waals surface area contributed by atoms with Crippen molar-refractivity contribution in [2.75, 3.05) is 31.6 Å². The van der Waals surface area contributed by atoms with Gasteiger partial charge in [-0.25, -0.2) is 9.18 Å². The fourth-order valence-corrected chi connectivity index (χ4v) is 4.86. The van der Waals surface area contributed by atoms with Crippen LogP contribution < -0.4 is 20.4 Å². The molecule has 2 atom stereocenters. The summed E-state index contributed by atoms with van der Waals surface area (Å²) in [5.41, 5.74) is -1.19. The number of piperidine rings is 1. The van der Waals surface area contributed by atoms with Crippen molar-refractivity contribution in [1.82, 2.24) is 9.88 Å². The van der Waals surface area contributed by atoms with Gasteiger partial charge in [0.25, 0.3) is 0 Å². The molecule has 7 nitrogen and oxygen atoms in total. The second-order valence-electron chi connectivity index (χ2n) is 8.22. The van der Waals surface area contributed by atoms with Crippen LogP contribution >= 0.6 is 0 Å². The predicted octanol–water partition coefficient (Wildman–Crippen LogP) is 2.37. The maximum absolute atomic E-state index is 15.5. The van der Waals surface area contributed by atoms with Gasteiger partial charge in [-0.1, -0.05) is 0 Å². The molecule has 2 aliphatic heterocycles. The number of carboxylic acid groups (broad SMARTS) is 1. The quantitative estimate of drug-likeness (QED) is 0.814. The third kappa shape index (κ3) is 2.88. The number of aromatic carboxylic acids is 1. The highest BCUT2D eigenvalue weighted by Crippen LogP contribution is 2.45. The number of hydrogen-bond donors (Lipinski definition) is 2. The molecule has 5 rings (SSSR count). The number of fused-ring (bicyclic) bond motifs is 2. The molecule has 1 aromatic heterocycles. The van der Waals surface area contributed by atoms with E-state index in [0.29, 0.717) is 19.0 Å². The van der Waals surface area contributed by atoms with Gasteiger partial charge in [0.1, 0.15) is 11.3 Å². The summed E-state index contributed by atoms with van der Waals surface area (Å²) < 4.78 is 45.5. The van der Waals surface area contributed by atoms with Gasteiger partial charge in [-0.2, -0.15) is 0 Å². The third-order valence-electron chi connectivity index (χ3n) is 6.39. The summed E-state index contributed by atoms with van der Waals surface area (Å²) in [6.45, 7) is 1.91. The molecule has 1 aliphatic carbocycles. The summed E-state index contributed by atoms with van der Waals surface area (Å²) in [6, 6.07) is 1.09. The van der Waals surface area contributed by atoms with E-state index in [1.54, 1.807) is 9.47 Å². The van der Waals surface area contributed by atoms with E-state index in [0.717, 1.165) is 38.3 Å². The zero-order valence-corrected chi connectivity index (χ0v) is 15.8. The monoisotopic (exact) mass is 404 g/mol. The highest BCUT2D eigenvalue weighted by atomic mass is 19.1. The number of benzene rings is 1. The van der Waals surface area contributed by atoms with E-state index in [9.17, 15) is 14.7 Å². The first-order chi connectivity index (χ1) is 15.1. The molecule has 2 N–H and O–H groups in total. The molecule has 29 heavy (non-hydrogen) atoms. The summed E-state index contributed by atoms with van der Waals surface area (Å²) in [7, 11) is -2.88. The van der Waals surface area contributed by atoms with E-state index in [1.807, 2.05) is 0 Å². The van der Waals surface area contributed by atoms with Crippen molar-refractivity contribution >= 4 is 22.6 Å². The zero-order valence-electron chi connectivity index (χ0n) is 18.8. The molecule has 0 amide bonds. The molecule has 1 aromatic carbocycles. The Balaban J connectivity index is 1.77. The Morgan fingerprint density at radius 1 is 1.38 bits per heavy atom. The van der Waals surface area contributed by atoms with Crippen LogP contribution in [-0.4, -0.2) is 48.4 Å². The largest absolute Gasteiger partial charge is 0.492 e. The summed E-state index contributed by atoms with van der Waals surface area (Å²) >= 11 is 0. The van der Waals surface area contributed by atoms with Crippen molar-refractivity contribution in [3.8, 4) is 5.75 Å². The number of pyridine rings is 1. The number of ether oxygens (including phenoxy) is 1. The Hall–Kier alpha value is -2.61. The van der Waals surface area contributed by atoms with E-state index >= 15 is 4.39 Å². The van der Waals surface area contributed by atoms with Crippen molar-refractivity contribution in [3.05, 3.63) is 33.9 Å². The zero-order chi connectivity index (χ0) is 22.8. The number of carboxylic acids is 1. The van der Waals surface area contributed by atoms with E-state index in [-0.39, 0.29) is 34.4 Å². The van der Waals surface area contributed by atoms with Crippen LogP contribution in [0.15, 0.2) is 17.1 Å². The minimum absolute atomic E-state index is 0.0155. The first kappa shape index (κ1) is 15.3. The average Bonchev–Trinajstić information content (AvgIpc) is 3.46. The first-order valence-corrected chi connectivity index (χ1v) is 9.96. The van der Waals surface area contributed by atoms with Crippen LogP contribution in [0.4, 0.5) is 10.1 Å². The number of nitrogens with zero attached hydrogens (tertiary/aromatic N) is 2. The van der Waals surface area contributed by atoms with Gasteiger partial charge in [0.05, 0.1) is 22.1 Å². The Morgan fingerprint density at radius 3 is 2.90 bits per heavy atom. The summed E-state index contributed by atoms with van der Waals surface area (Å²) in [4.78, 5) is 26.3. The Kier molecular flexibility index (Phi) is 3.54. The molecule has 2 saturated heterocycles. The lowest BCUT2D eigenvalue weighted by atomic mass is 9.94. The molecule has 3 fully saturated rings. The maximum Gasteiger partial charge on any atom is 0.341 e. The molecule has 0 bridgehead atoms. The number of rotatable bonds is 4. The molecular formula is C21H24FN3O4. The van der Waals surface area contributed by atoms with Crippen molar-refractivity contribution < 1.29 is 23.1 Å². The number of anilines is 1. The number of nitrogens with one attached hydrogen (secondary N) is 1. The van der Waals surface area contributed by atoms with Gasteiger partial charge < -0.3 is 24.6 Å². The lowest BCUT2D eigenvalue weighted by Gasteiger charge is -2.25. The highest BCUT2D eigenvalue weighted by molar-refractivity contribution is 5.97. The second kappa shape index (κ2) is 6.73. The minimum Gasteiger partial charge on any atom is -0.492 e. The van der Waals surface area contributed by atoms with E-state index in [2.05, 4.69) is 5.32 Å². The van der Waals surface area contributed by atoms with E-state index < -0.39 is 29.8 Å². The maximum atomic E-state index is 15.5. The van der Waals surface area contributed by atoms with Crippen LogP contribution in [0.3, 0.4) is 0 Å². The minimum atomic E-state index is -2.88. The lowest BCUT2D eigenvalue weighted by molar-refractivity contribution is 0.0695. The average molecular weight is 404 g/mol. The topological polar surface area (TPSA) is 83.8 Å². The SMILES string of the molecule is [2H]C([2H])([2H])Oc1c(N2CC3CCCNC3C2)c(F)cc2c(=O)c(C(=O)O)cn(C3CC3)c12. The second-order valence-corrected chi connectivity index (χ2v) is 8.22. The van der Waals surface area contributed by atoms with Gasteiger partial charge in [-0.3, -0.25) is 4.79 Å². The van der Waals surface area contributed by atoms with Gasteiger partial charge >= 0.3 is 5.97 Å². The number of methoxy groups -OCH3 is 1. The Morgan fingerprint density at radius 2 is 2.21 bits per heavy atom. The van der Waals surface area contributed by atoms with Crippen LogP contribution in [0.1, 0.15) is 46.2 Å². The van der Waals surface area contributed by atoms with Crippen LogP contribution in [0.25, 0.3) is 10.9 Å². The van der Waals surface area contributed by atoms with Crippen LogP contribution in [0.5, 0.6) is 5.75 Å². The summed E-state index contributed by atoms with van der Waals surface area (Å²) in [5, 5.41) is 12.7. The summed E-state index contributed by atoms with van der Waals surface area (Å²) in [6.07, 6.45) is 4.73. The molecule has 8 heteroatoms. The number of halogens is 1. The van der Waals surface area contributed by atoms with Crippen LogP contribution in [-0.2, 0) is 0 Å². The fourth-order valence-electron chi connectivity index (χ4n) is 4.86. The standard InChI is InChI=1S/C21H24FN3O4/c1-29-20-17-13(19(26)14(21(27)28)9-25(17)12-4-5-12)7-15(22)18(20)24-8-11-3-2-6-23-16(11)10-24/h7,9,11-12,16,23H,2-6,8,10H2,1H3,(H,27,28)/i1D3. The van der Waals surface area contributed by atoms with Crippen molar-refractivity contribution in [1.29, 1.82) is 0 Å². The Bertz CT molecular complexity index is 1150. The van der Waals surface area contributed by atoms with Crippen LogP contribution in [0, 0.1) is 11.7 Å². The van der Waals surface area contributed by atoms with E-state index in [1.165, 1.54) is 6.20 Å². The van der Waals surface area contributed by atoms with Gasteiger partial charge in [0, 0.05) is 31.4 Å². The molecule has 0 radical (unpaired) electrons. The molecule has 2 unspecified atom stereocenters. The van der Waals surface area contributed by atoms with E-state index in [4.69, 9.17) is 8.85 Å². The highest BCUT2D eigenvalue weighted by Gasteiger charge is 2.38. The molecular weight excluding hydrogens is 377 g/mol. The van der Waals surface area contributed by atoms with Crippen molar-refractivity contribution in [3.63, 3.8) is 0 Å². The lowest BCUT2D eigenvalue weighted by Crippen LogP contribution is -2.40. The van der Waals surface area contributed by atoms with Crippen molar-refractivity contribution in [2.24, 2.45) is 5.92 Å². The van der Waals surface area contributed by atoms with Gasteiger partial charge in [0.2, 0.25) is 5.43 Å². The molecule has 2 aromatic rings. The van der Waals surface area contributed by atoms with Gasteiger partial charge in [-0.05, 0) is 44.2 Å². The molecule has 1 saturated carbocycles. The van der Waals surface area contributed by atoms with Gasteiger partial charge in [-0.15, -0.1) is 0 Å². The number of carbonyl (C=O) groups is 1. The van der Waals surface area contributed by atoms with Crippen molar-refractivity contribution in [2.45, 2.75) is 37.8 Å². The molecule has 0 spiro atoms. The normalized spacial score (nSPS) is 26.0. The van der Waals surface area contributed by atoms with Gasteiger partial charge in [0.15, 0.2) is 11.6 Å². The smallest absolute Gasteiger partial charge is 0.341 e.